The van der Waals surface area contributed by atoms with E-state index in [2.05, 4.69) is 17.1 Å². The zero-order valence-electron chi connectivity index (χ0n) is 11.8. The molecule has 19 heavy (non-hydrogen) atoms. The molecular formula is C15H23FN2O. The highest BCUT2D eigenvalue weighted by atomic mass is 19.1. The van der Waals surface area contributed by atoms with Crippen LogP contribution in [0, 0.1) is 11.2 Å². The number of para-hydroxylation sites is 1. The maximum Gasteiger partial charge on any atom is 0.146 e. The number of hydrogen-bond acceptors (Lipinski definition) is 3. The highest BCUT2D eigenvalue weighted by Crippen LogP contribution is 2.31. The highest BCUT2D eigenvalue weighted by molar-refractivity contribution is 5.47. The van der Waals surface area contributed by atoms with E-state index in [1.165, 1.54) is 6.07 Å². The summed E-state index contributed by atoms with van der Waals surface area (Å²) in [7, 11) is 1.96. The molecule has 3 nitrogen and oxygen atoms in total. The smallest absolute Gasteiger partial charge is 0.146 e. The second kappa shape index (κ2) is 6.35. The molecule has 0 aliphatic carbocycles. The Labute approximate surface area is 114 Å². The van der Waals surface area contributed by atoms with Crippen LogP contribution in [-0.4, -0.2) is 39.9 Å². The second-order valence-electron chi connectivity index (χ2n) is 5.30. The van der Waals surface area contributed by atoms with Gasteiger partial charge in [-0.3, -0.25) is 0 Å². The molecule has 1 saturated heterocycles. The standard InChI is InChI=1S/C15H23FN2O/c1-3-18(14-7-5-4-6-13(14)16)11-15(10-17-2)8-9-19-12-15/h4-7,17H,3,8-12H2,1-2H3. The van der Waals surface area contributed by atoms with E-state index >= 15 is 0 Å². The van der Waals surface area contributed by atoms with Crippen molar-refractivity contribution in [2.24, 2.45) is 5.41 Å². The number of anilines is 1. The van der Waals surface area contributed by atoms with Gasteiger partial charge in [0.1, 0.15) is 5.82 Å². The van der Waals surface area contributed by atoms with Gasteiger partial charge in [-0.25, -0.2) is 4.39 Å². The maximum atomic E-state index is 13.9. The van der Waals surface area contributed by atoms with Crippen molar-refractivity contribution in [2.75, 3.05) is 44.8 Å². The maximum absolute atomic E-state index is 13.9. The van der Waals surface area contributed by atoms with Crippen molar-refractivity contribution in [3.63, 3.8) is 0 Å². The Bertz CT molecular complexity index is 405. The van der Waals surface area contributed by atoms with E-state index in [4.69, 9.17) is 4.74 Å². The molecule has 0 spiro atoms. The van der Waals surface area contributed by atoms with Crippen molar-refractivity contribution in [1.82, 2.24) is 5.32 Å². The number of nitrogens with one attached hydrogen (secondary N) is 1. The zero-order valence-corrected chi connectivity index (χ0v) is 11.8. The number of benzene rings is 1. The molecule has 0 saturated carbocycles. The van der Waals surface area contributed by atoms with Gasteiger partial charge in [0.05, 0.1) is 12.3 Å². The van der Waals surface area contributed by atoms with Gasteiger partial charge in [-0.1, -0.05) is 12.1 Å². The fourth-order valence-corrected chi connectivity index (χ4v) is 2.82. The minimum atomic E-state index is -0.150. The predicted octanol–water partition coefficient (Wildman–Crippen LogP) is 2.28. The average molecular weight is 266 g/mol. The van der Waals surface area contributed by atoms with Crippen molar-refractivity contribution in [2.45, 2.75) is 13.3 Å². The Hall–Kier alpha value is -1.13. The fourth-order valence-electron chi connectivity index (χ4n) is 2.82. The van der Waals surface area contributed by atoms with Crippen molar-refractivity contribution in [3.8, 4) is 0 Å². The lowest BCUT2D eigenvalue weighted by Crippen LogP contribution is -2.44. The molecule has 106 valence electrons. The van der Waals surface area contributed by atoms with Crippen LogP contribution in [-0.2, 0) is 4.74 Å². The normalized spacial score (nSPS) is 22.7. The summed E-state index contributed by atoms with van der Waals surface area (Å²) in [5.41, 5.74) is 0.778. The van der Waals surface area contributed by atoms with Crippen molar-refractivity contribution in [1.29, 1.82) is 0 Å². The van der Waals surface area contributed by atoms with Gasteiger partial charge in [0.2, 0.25) is 0 Å². The van der Waals surface area contributed by atoms with Crippen LogP contribution in [0.3, 0.4) is 0 Å². The molecular weight excluding hydrogens is 243 g/mol. The number of halogens is 1. The molecule has 1 unspecified atom stereocenters. The lowest BCUT2D eigenvalue weighted by Gasteiger charge is -2.35. The van der Waals surface area contributed by atoms with Crippen LogP contribution in [0.25, 0.3) is 0 Å². The minimum Gasteiger partial charge on any atom is -0.381 e. The highest BCUT2D eigenvalue weighted by Gasteiger charge is 2.36. The van der Waals surface area contributed by atoms with E-state index in [0.717, 1.165) is 39.3 Å². The monoisotopic (exact) mass is 266 g/mol. The molecule has 1 aliphatic rings. The van der Waals surface area contributed by atoms with E-state index in [1.54, 1.807) is 6.07 Å². The van der Waals surface area contributed by atoms with Gasteiger partial charge in [0.15, 0.2) is 0 Å². The Morgan fingerprint density at radius 1 is 1.42 bits per heavy atom. The molecule has 1 fully saturated rings. The molecule has 1 aromatic rings. The summed E-state index contributed by atoms with van der Waals surface area (Å²) in [6, 6.07) is 6.99. The van der Waals surface area contributed by atoms with Crippen LogP contribution in [0.4, 0.5) is 10.1 Å². The van der Waals surface area contributed by atoms with Crippen LogP contribution >= 0.6 is 0 Å². The van der Waals surface area contributed by atoms with Crippen molar-refractivity contribution in [3.05, 3.63) is 30.1 Å². The average Bonchev–Trinajstić information content (AvgIpc) is 2.86. The topological polar surface area (TPSA) is 24.5 Å². The molecule has 2 rings (SSSR count). The van der Waals surface area contributed by atoms with E-state index < -0.39 is 0 Å². The molecule has 0 amide bonds. The van der Waals surface area contributed by atoms with Crippen molar-refractivity contribution >= 4 is 5.69 Å². The van der Waals surface area contributed by atoms with Gasteiger partial charge >= 0.3 is 0 Å². The van der Waals surface area contributed by atoms with Gasteiger partial charge in [-0.05, 0) is 32.5 Å². The van der Waals surface area contributed by atoms with Crippen LogP contribution in [0.2, 0.25) is 0 Å². The first-order valence-electron chi connectivity index (χ1n) is 6.92. The van der Waals surface area contributed by atoms with E-state index in [0.29, 0.717) is 5.69 Å². The molecule has 1 heterocycles. The fraction of sp³-hybridized carbons (Fsp3) is 0.600. The summed E-state index contributed by atoms with van der Waals surface area (Å²) in [4.78, 5) is 2.11. The van der Waals surface area contributed by atoms with Crippen molar-refractivity contribution < 1.29 is 9.13 Å². The van der Waals surface area contributed by atoms with Gasteiger partial charge < -0.3 is 15.0 Å². The third-order valence-corrected chi connectivity index (χ3v) is 3.84. The first-order chi connectivity index (χ1) is 9.21. The lowest BCUT2D eigenvalue weighted by atomic mass is 9.86. The van der Waals surface area contributed by atoms with Crippen LogP contribution in [0.1, 0.15) is 13.3 Å². The summed E-state index contributed by atoms with van der Waals surface area (Å²) in [6.45, 7) is 6.14. The van der Waals surface area contributed by atoms with E-state index in [9.17, 15) is 4.39 Å². The molecule has 1 N–H and O–H groups in total. The minimum absolute atomic E-state index is 0.0903. The number of hydrogen-bond donors (Lipinski definition) is 1. The van der Waals surface area contributed by atoms with Crippen LogP contribution in [0.5, 0.6) is 0 Å². The lowest BCUT2D eigenvalue weighted by molar-refractivity contribution is 0.153. The summed E-state index contributed by atoms with van der Waals surface area (Å²) in [6.07, 6.45) is 1.03. The summed E-state index contributed by atoms with van der Waals surface area (Å²) < 4.78 is 19.5. The first kappa shape index (κ1) is 14.3. The summed E-state index contributed by atoms with van der Waals surface area (Å²) in [5.74, 6) is -0.150. The number of ether oxygens (including phenoxy) is 1. The van der Waals surface area contributed by atoms with Gasteiger partial charge in [0, 0.05) is 31.7 Å². The Balaban J connectivity index is 2.16. The zero-order chi connectivity index (χ0) is 13.7. The molecule has 1 atom stereocenters. The van der Waals surface area contributed by atoms with Crippen LogP contribution in [0.15, 0.2) is 24.3 Å². The Morgan fingerprint density at radius 2 is 2.21 bits per heavy atom. The number of rotatable bonds is 6. The molecule has 0 aromatic heterocycles. The molecule has 1 aromatic carbocycles. The molecule has 0 bridgehead atoms. The summed E-state index contributed by atoms with van der Waals surface area (Å²) in [5, 5.41) is 3.25. The van der Waals surface area contributed by atoms with Gasteiger partial charge in [-0.2, -0.15) is 0 Å². The largest absolute Gasteiger partial charge is 0.381 e. The van der Waals surface area contributed by atoms with E-state index in [-0.39, 0.29) is 11.2 Å². The molecule has 4 heteroatoms. The van der Waals surface area contributed by atoms with E-state index in [1.807, 2.05) is 19.2 Å². The summed E-state index contributed by atoms with van der Waals surface area (Å²) >= 11 is 0. The predicted molar refractivity (Wildman–Crippen MR) is 76.1 cm³/mol. The van der Waals surface area contributed by atoms with Gasteiger partial charge in [-0.15, -0.1) is 0 Å². The number of nitrogens with zero attached hydrogens (tertiary/aromatic N) is 1. The first-order valence-corrected chi connectivity index (χ1v) is 6.92. The third kappa shape index (κ3) is 3.25. The molecule has 1 aliphatic heterocycles. The second-order valence-corrected chi connectivity index (χ2v) is 5.30. The quantitative estimate of drug-likeness (QED) is 0.855. The van der Waals surface area contributed by atoms with Crippen LogP contribution < -0.4 is 10.2 Å². The third-order valence-electron chi connectivity index (χ3n) is 3.84. The van der Waals surface area contributed by atoms with Gasteiger partial charge in [0.25, 0.3) is 0 Å². The molecule has 0 radical (unpaired) electrons. The SMILES string of the molecule is CCN(CC1(CNC)CCOC1)c1ccccc1F. The Kier molecular flexibility index (Phi) is 4.77. The Morgan fingerprint density at radius 3 is 2.79 bits per heavy atom.